The third kappa shape index (κ3) is 1.51. The van der Waals surface area contributed by atoms with Gasteiger partial charge in [-0.1, -0.05) is 0 Å². The number of ether oxygens (including phenoxy) is 1. The van der Waals surface area contributed by atoms with Crippen molar-refractivity contribution in [2.75, 3.05) is 6.61 Å². The van der Waals surface area contributed by atoms with Gasteiger partial charge in [0.25, 0.3) is 0 Å². The highest BCUT2D eigenvalue weighted by molar-refractivity contribution is 7.16. The number of hydrogen-bond acceptors (Lipinski definition) is 4. The summed E-state index contributed by atoms with van der Waals surface area (Å²) in [5.41, 5.74) is 2.28. The summed E-state index contributed by atoms with van der Waals surface area (Å²) in [6.07, 6.45) is 3.39. The number of carbonyl (C=O) groups excluding carboxylic acids is 1. The molecule has 2 heterocycles. The second-order valence-corrected chi connectivity index (χ2v) is 4.67. The Labute approximate surface area is 96.7 Å². The Bertz CT molecular complexity index is 548. The van der Waals surface area contributed by atoms with Gasteiger partial charge in [0.1, 0.15) is 10.8 Å². The lowest BCUT2D eigenvalue weighted by Crippen LogP contribution is -1.85. The summed E-state index contributed by atoms with van der Waals surface area (Å²) in [5.74, 6) is 0.968. The second kappa shape index (κ2) is 3.72. The Hall–Kier alpha value is -1.68. The number of fused-ring (bicyclic) bond motifs is 1. The Balaban J connectivity index is 2.03. The summed E-state index contributed by atoms with van der Waals surface area (Å²) >= 11 is 1.41. The average Bonchev–Trinajstić information content (AvgIpc) is 2.96. The molecule has 0 bridgehead atoms. The minimum absolute atomic E-state index is 0.659. The van der Waals surface area contributed by atoms with Crippen molar-refractivity contribution in [3.63, 3.8) is 0 Å². The van der Waals surface area contributed by atoms with Crippen molar-refractivity contribution in [3.05, 3.63) is 34.8 Å². The number of aromatic nitrogens is 1. The number of benzene rings is 1. The second-order valence-electron chi connectivity index (χ2n) is 3.61. The van der Waals surface area contributed by atoms with Gasteiger partial charge in [-0.2, -0.15) is 0 Å². The van der Waals surface area contributed by atoms with E-state index in [0.717, 1.165) is 35.6 Å². The molecule has 1 aromatic carbocycles. The normalized spacial score (nSPS) is 13.2. The third-order valence-corrected chi connectivity index (χ3v) is 3.55. The van der Waals surface area contributed by atoms with Crippen molar-refractivity contribution in [1.82, 2.24) is 4.98 Å². The van der Waals surface area contributed by atoms with E-state index in [2.05, 4.69) is 11.1 Å². The quantitative estimate of drug-likeness (QED) is 0.746. The molecule has 1 aliphatic heterocycles. The third-order valence-electron chi connectivity index (χ3n) is 2.58. The van der Waals surface area contributed by atoms with Gasteiger partial charge in [-0.05, 0) is 23.8 Å². The van der Waals surface area contributed by atoms with Gasteiger partial charge in [-0.15, -0.1) is 11.3 Å². The lowest BCUT2D eigenvalue weighted by Gasteiger charge is -2.00. The van der Waals surface area contributed by atoms with Gasteiger partial charge in [0.2, 0.25) is 0 Å². The van der Waals surface area contributed by atoms with Gasteiger partial charge in [0, 0.05) is 18.2 Å². The first-order valence-corrected chi connectivity index (χ1v) is 5.85. The van der Waals surface area contributed by atoms with Crippen LogP contribution in [0.1, 0.15) is 15.2 Å². The molecule has 2 aromatic rings. The van der Waals surface area contributed by atoms with E-state index in [1.807, 2.05) is 12.1 Å². The van der Waals surface area contributed by atoms with Crippen molar-refractivity contribution in [3.8, 4) is 16.3 Å². The van der Waals surface area contributed by atoms with E-state index in [1.54, 1.807) is 6.20 Å². The maximum atomic E-state index is 10.6. The van der Waals surface area contributed by atoms with Crippen LogP contribution < -0.4 is 4.74 Å². The molecular formula is C12H9NO2S. The molecule has 0 N–H and O–H groups in total. The van der Waals surface area contributed by atoms with Crippen LogP contribution in [-0.4, -0.2) is 17.9 Å². The summed E-state index contributed by atoms with van der Waals surface area (Å²) in [4.78, 5) is 15.5. The maximum Gasteiger partial charge on any atom is 0.161 e. The first-order chi connectivity index (χ1) is 7.86. The molecule has 16 heavy (non-hydrogen) atoms. The molecule has 80 valence electrons. The fourth-order valence-electron chi connectivity index (χ4n) is 1.79. The lowest BCUT2D eigenvalue weighted by atomic mass is 10.1. The zero-order chi connectivity index (χ0) is 11.0. The van der Waals surface area contributed by atoms with Crippen LogP contribution >= 0.6 is 11.3 Å². The number of carbonyl (C=O) groups is 1. The van der Waals surface area contributed by atoms with E-state index in [9.17, 15) is 4.79 Å². The summed E-state index contributed by atoms with van der Waals surface area (Å²) < 4.78 is 5.44. The van der Waals surface area contributed by atoms with Crippen LogP contribution in [0.15, 0.2) is 24.4 Å². The molecule has 0 radical (unpaired) electrons. The Morgan fingerprint density at radius 3 is 3.19 bits per heavy atom. The molecule has 0 aliphatic carbocycles. The minimum atomic E-state index is 0.659. The molecule has 1 aliphatic rings. The predicted octanol–water partition coefficient (Wildman–Crippen LogP) is 2.56. The fourth-order valence-corrected chi connectivity index (χ4v) is 2.52. The van der Waals surface area contributed by atoms with E-state index in [4.69, 9.17) is 4.74 Å². The van der Waals surface area contributed by atoms with E-state index < -0.39 is 0 Å². The van der Waals surface area contributed by atoms with Crippen molar-refractivity contribution >= 4 is 17.6 Å². The predicted molar refractivity (Wildman–Crippen MR) is 62.1 cm³/mol. The Morgan fingerprint density at radius 2 is 2.38 bits per heavy atom. The Kier molecular flexibility index (Phi) is 2.22. The van der Waals surface area contributed by atoms with Crippen molar-refractivity contribution in [2.45, 2.75) is 6.42 Å². The summed E-state index contributed by atoms with van der Waals surface area (Å²) in [6.45, 7) is 0.760. The van der Waals surface area contributed by atoms with Gasteiger partial charge >= 0.3 is 0 Å². The molecule has 3 nitrogen and oxygen atoms in total. The molecule has 0 saturated heterocycles. The lowest BCUT2D eigenvalue weighted by molar-refractivity contribution is 0.112. The average molecular weight is 231 g/mol. The molecule has 0 amide bonds. The zero-order valence-corrected chi connectivity index (χ0v) is 9.29. The highest BCUT2D eigenvalue weighted by atomic mass is 32.1. The number of nitrogens with zero attached hydrogens (tertiary/aromatic N) is 1. The van der Waals surface area contributed by atoms with Crippen molar-refractivity contribution < 1.29 is 9.53 Å². The number of rotatable bonds is 2. The number of thiazole rings is 1. The first kappa shape index (κ1) is 9.54. The monoisotopic (exact) mass is 231 g/mol. The zero-order valence-electron chi connectivity index (χ0n) is 8.47. The first-order valence-electron chi connectivity index (χ1n) is 5.04. The van der Waals surface area contributed by atoms with E-state index in [-0.39, 0.29) is 0 Å². The maximum absolute atomic E-state index is 10.6. The van der Waals surface area contributed by atoms with Crippen LogP contribution in [-0.2, 0) is 6.42 Å². The van der Waals surface area contributed by atoms with Gasteiger partial charge in [-0.3, -0.25) is 4.79 Å². The van der Waals surface area contributed by atoms with Crippen LogP contribution in [0.5, 0.6) is 5.75 Å². The van der Waals surface area contributed by atoms with Gasteiger partial charge < -0.3 is 4.74 Å². The van der Waals surface area contributed by atoms with Crippen LogP contribution in [0.4, 0.5) is 0 Å². The van der Waals surface area contributed by atoms with Gasteiger partial charge in [-0.25, -0.2) is 4.98 Å². The SMILES string of the molecule is O=Cc1cnc(-c2ccc3c(c2)CCO3)s1. The molecule has 0 saturated carbocycles. The molecule has 3 rings (SSSR count). The molecule has 1 aromatic heterocycles. The summed E-state index contributed by atoms with van der Waals surface area (Å²) in [5, 5.41) is 0.886. The van der Waals surface area contributed by atoms with Crippen LogP contribution in [0, 0.1) is 0 Å². The van der Waals surface area contributed by atoms with Gasteiger partial charge in [0.05, 0.1) is 11.5 Å². The largest absolute Gasteiger partial charge is 0.493 e. The fraction of sp³-hybridized carbons (Fsp3) is 0.167. The Morgan fingerprint density at radius 1 is 1.44 bits per heavy atom. The minimum Gasteiger partial charge on any atom is -0.493 e. The van der Waals surface area contributed by atoms with Gasteiger partial charge in [0.15, 0.2) is 6.29 Å². The molecule has 0 fully saturated rings. The van der Waals surface area contributed by atoms with Crippen LogP contribution in [0.2, 0.25) is 0 Å². The number of hydrogen-bond donors (Lipinski definition) is 0. The molecule has 0 atom stereocenters. The van der Waals surface area contributed by atoms with E-state index in [0.29, 0.717) is 4.88 Å². The van der Waals surface area contributed by atoms with Crippen LogP contribution in [0.25, 0.3) is 10.6 Å². The molecule has 0 spiro atoms. The molecular weight excluding hydrogens is 222 g/mol. The highest BCUT2D eigenvalue weighted by Crippen LogP contribution is 2.31. The smallest absolute Gasteiger partial charge is 0.161 e. The van der Waals surface area contributed by atoms with Crippen LogP contribution in [0.3, 0.4) is 0 Å². The standard InChI is InChI=1S/C12H9NO2S/c14-7-10-6-13-12(16-10)9-1-2-11-8(5-9)3-4-15-11/h1-2,5-7H,3-4H2. The van der Waals surface area contributed by atoms with Crippen molar-refractivity contribution in [2.24, 2.45) is 0 Å². The van der Waals surface area contributed by atoms with E-state index in [1.165, 1.54) is 16.9 Å². The highest BCUT2D eigenvalue weighted by Gasteiger charge is 2.13. The summed E-state index contributed by atoms with van der Waals surface area (Å²) in [6, 6.07) is 6.05. The molecule has 0 unspecified atom stereocenters. The molecule has 4 heteroatoms. The topological polar surface area (TPSA) is 39.2 Å². The summed E-state index contributed by atoms with van der Waals surface area (Å²) in [7, 11) is 0. The number of aldehydes is 1. The van der Waals surface area contributed by atoms with Crippen molar-refractivity contribution in [1.29, 1.82) is 0 Å². The van der Waals surface area contributed by atoms with E-state index >= 15 is 0 Å².